The van der Waals surface area contributed by atoms with Crippen LogP contribution in [0, 0.1) is 0 Å². The van der Waals surface area contributed by atoms with Crippen LogP contribution < -0.4 is 5.32 Å². The summed E-state index contributed by atoms with van der Waals surface area (Å²) in [5.41, 5.74) is -1.52. The lowest BCUT2D eigenvalue weighted by atomic mass is 10.0. The number of hydrogen-bond acceptors (Lipinski definition) is 7. The van der Waals surface area contributed by atoms with Gasteiger partial charge in [-0.2, -0.15) is 13.2 Å². The van der Waals surface area contributed by atoms with E-state index in [0.29, 0.717) is 12.8 Å². The van der Waals surface area contributed by atoms with Crippen LogP contribution >= 0.6 is 0 Å². The number of nitrogens with zero attached hydrogens (tertiary/aromatic N) is 4. The maximum absolute atomic E-state index is 14.7. The molecule has 0 aliphatic heterocycles. The van der Waals surface area contributed by atoms with E-state index in [1.54, 1.807) is 27.8 Å². The van der Waals surface area contributed by atoms with E-state index in [9.17, 15) is 22.4 Å². The first-order valence-electron chi connectivity index (χ1n) is 14.1. The maximum atomic E-state index is 14.7. The average molecular weight is 578 g/mol. The molecule has 2 unspecified atom stereocenters. The molecule has 0 spiro atoms. The number of halogens is 4. The highest BCUT2D eigenvalue weighted by molar-refractivity contribution is 5.67. The molecule has 4 atom stereocenters. The van der Waals surface area contributed by atoms with Crippen molar-refractivity contribution in [1.29, 1.82) is 0 Å². The average Bonchev–Trinajstić information content (AvgIpc) is 3.32. The Morgan fingerprint density at radius 3 is 2.50 bits per heavy atom. The molecule has 1 saturated carbocycles. The van der Waals surface area contributed by atoms with Gasteiger partial charge in [0.1, 0.15) is 11.8 Å². The van der Waals surface area contributed by atoms with Crippen LogP contribution in [0.5, 0.6) is 0 Å². The molecule has 0 radical (unpaired) electrons. The molecule has 2 rings (SSSR count). The van der Waals surface area contributed by atoms with Gasteiger partial charge in [-0.1, -0.05) is 19.8 Å². The normalized spacial score (nSPS) is 19.5. The topological polar surface area (TPSA) is 79.8 Å². The molecule has 1 aliphatic rings. The molecule has 0 bridgehead atoms. The van der Waals surface area contributed by atoms with Crippen LogP contribution in [0.3, 0.4) is 0 Å². The van der Waals surface area contributed by atoms with Gasteiger partial charge in [0.15, 0.2) is 0 Å². The lowest BCUT2D eigenvalue weighted by molar-refractivity contribution is -0.138. The molecule has 1 fully saturated rings. The van der Waals surface area contributed by atoms with Crippen molar-refractivity contribution in [2.45, 2.75) is 115 Å². The summed E-state index contributed by atoms with van der Waals surface area (Å²) in [6.07, 6.45) is -0.714. The van der Waals surface area contributed by atoms with Crippen LogP contribution in [0.25, 0.3) is 0 Å². The van der Waals surface area contributed by atoms with Gasteiger partial charge < -0.3 is 24.6 Å². The summed E-state index contributed by atoms with van der Waals surface area (Å²) in [5.74, 6) is 0.162. The molecule has 0 saturated heterocycles. The van der Waals surface area contributed by atoms with Crippen molar-refractivity contribution in [2.75, 3.05) is 39.6 Å². The molecule has 230 valence electrons. The summed E-state index contributed by atoms with van der Waals surface area (Å²) in [4.78, 5) is 23.6. The summed E-state index contributed by atoms with van der Waals surface area (Å²) < 4.78 is 66.4. The zero-order valence-electron chi connectivity index (χ0n) is 25.0. The van der Waals surface area contributed by atoms with Gasteiger partial charge in [-0.15, -0.1) is 0 Å². The highest BCUT2D eigenvalue weighted by Crippen LogP contribution is 2.33. The smallest absolute Gasteiger partial charge is 0.419 e. The number of nitrogens with one attached hydrogen (secondary N) is 1. The standard InChI is InChI=1S/C28H47F4N5O3/c1-8-9-10-22(39-7)16-24-23(28(30,31)32)17-33-25(35-24)34-20-11-12-21(15-20)37(6)18-19(29)13-14-36(5)26(38)40-27(2,3)4/h17,19-22H,8-16,18H2,1-7H3,(H,33,34,35)/t19?,20-,21?,22-/m0/s1. The predicted octanol–water partition coefficient (Wildman–Crippen LogP) is 6.10. The van der Waals surface area contributed by atoms with Crippen LogP contribution in [0.1, 0.15) is 83.9 Å². The van der Waals surface area contributed by atoms with Gasteiger partial charge in [-0.25, -0.2) is 19.2 Å². The molecule has 8 nitrogen and oxygen atoms in total. The third-order valence-electron chi connectivity index (χ3n) is 7.14. The molecule has 12 heteroatoms. The first kappa shape index (κ1) is 34.0. The summed E-state index contributed by atoms with van der Waals surface area (Å²) in [5, 5.41) is 3.19. The third kappa shape index (κ3) is 11.3. The minimum Gasteiger partial charge on any atom is -0.444 e. The predicted molar refractivity (Wildman–Crippen MR) is 147 cm³/mol. The number of ether oxygens (including phenoxy) is 2. The monoisotopic (exact) mass is 577 g/mol. The molecule has 1 heterocycles. The zero-order valence-corrected chi connectivity index (χ0v) is 25.0. The number of rotatable bonds is 14. The van der Waals surface area contributed by atoms with Crippen LogP contribution in [-0.4, -0.2) is 90.1 Å². The molecular weight excluding hydrogens is 530 g/mol. The molecule has 0 aromatic carbocycles. The van der Waals surface area contributed by atoms with E-state index in [-0.39, 0.29) is 55.8 Å². The van der Waals surface area contributed by atoms with E-state index in [0.717, 1.165) is 31.9 Å². The number of carbonyl (C=O) groups is 1. The van der Waals surface area contributed by atoms with E-state index >= 15 is 0 Å². The minimum atomic E-state index is -4.55. The van der Waals surface area contributed by atoms with E-state index < -0.39 is 29.6 Å². The van der Waals surface area contributed by atoms with E-state index in [1.165, 1.54) is 12.0 Å². The largest absolute Gasteiger partial charge is 0.444 e. The van der Waals surface area contributed by atoms with Gasteiger partial charge >= 0.3 is 12.3 Å². The first-order chi connectivity index (χ1) is 18.6. The van der Waals surface area contributed by atoms with Gasteiger partial charge in [0, 0.05) is 51.9 Å². The second-order valence-corrected chi connectivity index (χ2v) is 11.8. The fraction of sp³-hybridized carbons (Fsp3) is 0.821. The van der Waals surface area contributed by atoms with Gasteiger partial charge in [-0.05, 0) is 59.9 Å². The first-order valence-corrected chi connectivity index (χ1v) is 14.1. The Kier molecular flexibility index (Phi) is 12.9. The molecular formula is C28H47F4N5O3. The maximum Gasteiger partial charge on any atom is 0.419 e. The van der Waals surface area contributed by atoms with Crippen molar-refractivity contribution in [3.05, 3.63) is 17.5 Å². The Morgan fingerprint density at radius 1 is 1.20 bits per heavy atom. The van der Waals surface area contributed by atoms with Gasteiger partial charge in [0.25, 0.3) is 0 Å². The van der Waals surface area contributed by atoms with Crippen LogP contribution in [0.15, 0.2) is 6.20 Å². The van der Waals surface area contributed by atoms with Gasteiger partial charge in [0.2, 0.25) is 5.95 Å². The lowest BCUT2D eigenvalue weighted by Crippen LogP contribution is -2.38. The molecule has 1 aromatic heterocycles. The summed E-state index contributed by atoms with van der Waals surface area (Å²) >= 11 is 0. The number of amides is 1. The Bertz CT molecular complexity index is 928. The number of aromatic nitrogens is 2. The second-order valence-electron chi connectivity index (χ2n) is 11.8. The molecule has 40 heavy (non-hydrogen) atoms. The fourth-order valence-corrected chi connectivity index (χ4v) is 4.82. The van der Waals surface area contributed by atoms with Crippen molar-refractivity contribution in [3.8, 4) is 0 Å². The van der Waals surface area contributed by atoms with Crippen molar-refractivity contribution >= 4 is 12.0 Å². The number of unbranched alkanes of at least 4 members (excludes halogenated alkanes) is 1. The Labute approximate surface area is 236 Å². The second kappa shape index (κ2) is 15.1. The Morgan fingerprint density at radius 2 is 1.90 bits per heavy atom. The van der Waals surface area contributed by atoms with Crippen molar-refractivity contribution in [3.63, 3.8) is 0 Å². The zero-order chi connectivity index (χ0) is 30.1. The molecule has 1 aromatic rings. The minimum absolute atomic E-state index is 0.0355. The van der Waals surface area contributed by atoms with E-state index in [4.69, 9.17) is 9.47 Å². The van der Waals surface area contributed by atoms with E-state index in [1.807, 2.05) is 18.9 Å². The summed E-state index contributed by atoms with van der Waals surface area (Å²) in [6.45, 7) is 7.83. The molecule has 1 aliphatic carbocycles. The van der Waals surface area contributed by atoms with Gasteiger partial charge in [0.05, 0.1) is 17.4 Å². The molecule has 1 N–H and O–H groups in total. The van der Waals surface area contributed by atoms with Crippen molar-refractivity contribution < 1.29 is 31.8 Å². The van der Waals surface area contributed by atoms with Crippen LogP contribution in [-0.2, 0) is 22.1 Å². The fourth-order valence-electron chi connectivity index (χ4n) is 4.82. The summed E-state index contributed by atoms with van der Waals surface area (Å²) in [6, 6.07) is 0.0758. The quantitative estimate of drug-likeness (QED) is 0.268. The number of hydrogen-bond donors (Lipinski definition) is 1. The number of alkyl halides is 4. The van der Waals surface area contributed by atoms with Crippen LogP contribution in [0.2, 0.25) is 0 Å². The highest BCUT2D eigenvalue weighted by Gasteiger charge is 2.36. The Balaban J connectivity index is 1.92. The van der Waals surface area contributed by atoms with Crippen molar-refractivity contribution in [2.24, 2.45) is 0 Å². The SMILES string of the molecule is CCCC[C@@H](Cc1nc(N[C@H]2CCC(N(C)CC(F)CCN(C)C(=O)OC(C)(C)C)C2)ncc1C(F)(F)F)OC. The van der Waals surface area contributed by atoms with Crippen molar-refractivity contribution in [1.82, 2.24) is 19.8 Å². The van der Waals surface area contributed by atoms with Gasteiger partial charge in [-0.3, -0.25) is 0 Å². The summed E-state index contributed by atoms with van der Waals surface area (Å²) in [7, 11) is 4.96. The Hall–Kier alpha value is -2.21. The molecule has 1 amide bonds. The number of methoxy groups -OCH3 is 1. The highest BCUT2D eigenvalue weighted by atomic mass is 19.4. The van der Waals surface area contributed by atoms with Crippen LogP contribution in [0.4, 0.5) is 28.3 Å². The number of carbonyl (C=O) groups excluding carboxylic acids is 1. The lowest BCUT2D eigenvalue weighted by Gasteiger charge is -2.28. The third-order valence-corrected chi connectivity index (χ3v) is 7.14. The van der Waals surface area contributed by atoms with E-state index in [2.05, 4.69) is 15.3 Å². The number of anilines is 1.